The van der Waals surface area contributed by atoms with Crippen LogP contribution in [0.1, 0.15) is 0 Å². The van der Waals surface area contributed by atoms with Crippen LogP contribution in [-0.2, 0) is 0 Å². The van der Waals surface area contributed by atoms with Crippen molar-refractivity contribution in [3.63, 3.8) is 0 Å². The van der Waals surface area contributed by atoms with Crippen LogP contribution in [0.3, 0.4) is 0 Å². The monoisotopic (exact) mass is 825 g/mol. The van der Waals surface area contributed by atoms with E-state index in [1.807, 2.05) is 6.20 Å². The summed E-state index contributed by atoms with van der Waals surface area (Å²) in [6.07, 6.45) is 1.92. The van der Waals surface area contributed by atoms with E-state index in [9.17, 15) is 0 Å². The summed E-state index contributed by atoms with van der Waals surface area (Å²) in [5.41, 5.74) is 16.9. The Hall–Kier alpha value is -8.66. The molecule has 0 atom stereocenters. The van der Waals surface area contributed by atoms with Gasteiger partial charge in [-0.05, 0) is 102 Å². The minimum atomic E-state index is 0.863. The molecule has 302 valence electrons. The highest BCUT2D eigenvalue weighted by molar-refractivity contribution is 6.23. The molecule has 13 aromatic rings. The molecule has 2 aromatic heterocycles. The van der Waals surface area contributed by atoms with Crippen LogP contribution in [0.25, 0.3) is 127 Å². The van der Waals surface area contributed by atoms with E-state index in [4.69, 9.17) is 9.97 Å². The maximum atomic E-state index is 5.25. The molecule has 3 nitrogen and oxygen atoms in total. The lowest BCUT2D eigenvalue weighted by atomic mass is 9.91. The van der Waals surface area contributed by atoms with Crippen LogP contribution in [0.2, 0.25) is 0 Å². The van der Waals surface area contributed by atoms with Gasteiger partial charge in [0.2, 0.25) is 0 Å². The molecule has 0 radical (unpaired) electrons. The Bertz CT molecular complexity index is 3940. The summed E-state index contributed by atoms with van der Waals surface area (Å²) in [5, 5.41) is 9.63. The van der Waals surface area contributed by atoms with Gasteiger partial charge in [0.1, 0.15) is 0 Å². The van der Waals surface area contributed by atoms with Gasteiger partial charge >= 0.3 is 0 Å². The molecule has 0 amide bonds. The molecule has 0 bridgehead atoms. The summed E-state index contributed by atoms with van der Waals surface area (Å²) in [7, 11) is 0. The van der Waals surface area contributed by atoms with Crippen LogP contribution in [0, 0.1) is 0 Å². The van der Waals surface area contributed by atoms with Crippen molar-refractivity contribution < 1.29 is 0 Å². The Labute approximate surface area is 376 Å². The van der Waals surface area contributed by atoms with E-state index in [1.54, 1.807) is 0 Å². The Kier molecular flexibility index (Phi) is 8.53. The first-order valence-electron chi connectivity index (χ1n) is 22.2. The Morgan fingerprint density at radius 2 is 0.754 bits per heavy atom. The lowest BCUT2D eigenvalue weighted by Gasteiger charge is -2.14. The molecule has 3 heteroatoms. The lowest BCUT2D eigenvalue weighted by Crippen LogP contribution is -1.92. The fourth-order valence-electron chi connectivity index (χ4n) is 10.1. The highest BCUT2D eigenvalue weighted by Gasteiger charge is 2.16. The summed E-state index contributed by atoms with van der Waals surface area (Å²) >= 11 is 0. The summed E-state index contributed by atoms with van der Waals surface area (Å²) < 4.78 is 2.37. The number of hydrogen-bond acceptors (Lipinski definition) is 2. The van der Waals surface area contributed by atoms with Crippen molar-refractivity contribution in [1.82, 2.24) is 14.5 Å². The second kappa shape index (κ2) is 15.0. The second-order valence-corrected chi connectivity index (χ2v) is 16.9. The van der Waals surface area contributed by atoms with Gasteiger partial charge in [-0.1, -0.05) is 194 Å². The van der Waals surface area contributed by atoms with Crippen LogP contribution >= 0.6 is 0 Å². The fourth-order valence-corrected chi connectivity index (χ4v) is 10.1. The molecule has 0 fully saturated rings. The molecule has 2 heterocycles. The van der Waals surface area contributed by atoms with Crippen molar-refractivity contribution in [3.05, 3.63) is 237 Å². The predicted molar refractivity (Wildman–Crippen MR) is 274 cm³/mol. The van der Waals surface area contributed by atoms with Gasteiger partial charge in [0.25, 0.3) is 0 Å². The maximum Gasteiger partial charge on any atom is 0.0979 e. The Balaban J connectivity index is 0.804. The van der Waals surface area contributed by atoms with Crippen molar-refractivity contribution in [2.75, 3.05) is 0 Å². The molecule has 0 N–H and O–H groups in total. The number of hydrogen-bond donors (Lipinski definition) is 0. The van der Waals surface area contributed by atoms with E-state index in [0.717, 1.165) is 44.2 Å². The average Bonchev–Trinajstić information content (AvgIpc) is 3.72. The fraction of sp³-hybridized carbons (Fsp3) is 0. The zero-order valence-electron chi connectivity index (χ0n) is 35.4. The van der Waals surface area contributed by atoms with Gasteiger partial charge in [-0.25, -0.2) is 4.98 Å². The van der Waals surface area contributed by atoms with Crippen LogP contribution < -0.4 is 0 Å². The number of benzene rings is 11. The molecule has 11 aromatic carbocycles. The minimum Gasteiger partial charge on any atom is -0.309 e. The standard InChI is InChI=1S/C62H39N3/c1-2-15-47(16-3-1)65-59-24-11-10-21-54(59)57-38-45(33-36-60(57)65)41-27-31-43(32-28-41)49-35-34-48(50-17-4-5-18-51(49)50)42-29-25-40(26-30-42)44-13-12-14-46(37-44)58-39-63-61-55-22-8-6-19-52(55)53-20-7-9-23-56(53)62(61)64-58/h1-39H. The molecule has 0 saturated heterocycles. The predicted octanol–water partition coefficient (Wildman–Crippen LogP) is 16.5. The van der Waals surface area contributed by atoms with Crippen LogP contribution in [0.5, 0.6) is 0 Å². The molecule has 0 saturated carbocycles. The SMILES string of the molecule is c1ccc(-n2c3ccccc3c3cc(-c4ccc(-c5ccc(-c6ccc(-c7cccc(-c8cnc9c%10ccccc%10c%10ccccc%10c9n8)c7)cc6)c6ccccc56)cc4)ccc32)cc1. The normalized spacial score (nSPS) is 11.7. The molecular weight excluding hydrogens is 787 g/mol. The Morgan fingerprint density at radius 1 is 0.277 bits per heavy atom. The number of rotatable bonds is 6. The van der Waals surface area contributed by atoms with E-state index in [1.165, 1.54) is 82.4 Å². The maximum absolute atomic E-state index is 5.25. The average molecular weight is 826 g/mol. The zero-order chi connectivity index (χ0) is 42.8. The molecule has 0 aliphatic rings. The molecule has 65 heavy (non-hydrogen) atoms. The van der Waals surface area contributed by atoms with E-state index in [0.29, 0.717) is 0 Å². The number of para-hydroxylation sites is 2. The largest absolute Gasteiger partial charge is 0.309 e. The van der Waals surface area contributed by atoms with E-state index < -0.39 is 0 Å². The van der Waals surface area contributed by atoms with Crippen molar-refractivity contribution in [3.8, 4) is 61.5 Å². The third-order valence-electron chi connectivity index (χ3n) is 13.3. The topological polar surface area (TPSA) is 30.7 Å². The van der Waals surface area contributed by atoms with Gasteiger partial charge in [-0.15, -0.1) is 0 Å². The molecule has 0 aliphatic carbocycles. The molecule has 0 aliphatic heterocycles. The van der Waals surface area contributed by atoms with Crippen LogP contribution in [0.15, 0.2) is 237 Å². The Morgan fingerprint density at radius 3 is 1.40 bits per heavy atom. The first-order valence-corrected chi connectivity index (χ1v) is 22.2. The van der Waals surface area contributed by atoms with E-state index in [-0.39, 0.29) is 0 Å². The van der Waals surface area contributed by atoms with Gasteiger partial charge in [0.05, 0.1) is 34.0 Å². The quantitative estimate of drug-likeness (QED) is 0.156. The van der Waals surface area contributed by atoms with Crippen LogP contribution in [0.4, 0.5) is 0 Å². The third kappa shape index (κ3) is 6.12. The van der Waals surface area contributed by atoms with Gasteiger partial charge in [-0.2, -0.15) is 0 Å². The molecular formula is C62H39N3. The second-order valence-electron chi connectivity index (χ2n) is 16.9. The zero-order valence-corrected chi connectivity index (χ0v) is 35.4. The summed E-state index contributed by atoms with van der Waals surface area (Å²) in [6.45, 7) is 0. The molecule has 0 spiro atoms. The highest BCUT2D eigenvalue weighted by atomic mass is 15.0. The summed E-state index contributed by atoms with van der Waals surface area (Å²) in [6, 6.07) is 83.2. The molecule has 0 unspecified atom stereocenters. The summed E-state index contributed by atoms with van der Waals surface area (Å²) in [5.74, 6) is 0. The minimum absolute atomic E-state index is 0.863. The van der Waals surface area contributed by atoms with Crippen LogP contribution in [-0.4, -0.2) is 14.5 Å². The van der Waals surface area contributed by atoms with Crippen molar-refractivity contribution >= 4 is 65.2 Å². The number of nitrogens with zero attached hydrogens (tertiary/aromatic N) is 3. The highest BCUT2D eigenvalue weighted by Crippen LogP contribution is 2.40. The van der Waals surface area contributed by atoms with E-state index in [2.05, 4.69) is 235 Å². The first-order chi connectivity index (χ1) is 32.2. The van der Waals surface area contributed by atoms with E-state index >= 15 is 0 Å². The smallest absolute Gasteiger partial charge is 0.0979 e. The van der Waals surface area contributed by atoms with Gasteiger partial charge < -0.3 is 4.57 Å². The summed E-state index contributed by atoms with van der Waals surface area (Å²) in [4.78, 5) is 10.3. The van der Waals surface area contributed by atoms with Crippen molar-refractivity contribution in [2.45, 2.75) is 0 Å². The van der Waals surface area contributed by atoms with Crippen molar-refractivity contribution in [1.29, 1.82) is 0 Å². The van der Waals surface area contributed by atoms with Gasteiger partial charge in [0, 0.05) is 32.8 Å². The third-order valence-corrected chi connectivity index (χ3v) is 13.3. The number of aromatic nitrogens is 3. The first kappa shape index (κ1) is 36.9. The van der Waals surface area contributed by atoms with Gasteiger partial charge in [-0.3, -0.25) is 4.98 Å². The molecule has 13 rings (SSSR count). The lowest BCUT2D eigenvalue weighted by molar-refractivity contribution is 1.18. The van der Waals surface area contributed by atoms with Gasteiger partial charge in [0.15, 0.2) is 0 Å². The number of fused-ring (bicyclic) bond motifs is 10. The van der Waals surface area contributed by atoms with Crippen molar-refractivity contribution in [2.24, 2.45) is 0 Å².